The monoisotopic (exact) mass is 397 g/mol. The number of aryl methyl sites for hydroxylation is 1. The second-order valence-corrected chi connectivity index (χ2v) is 6.62. The number of nitrogens with zero attached hydrogens (tertiary/aromatic N) is 1. The number of hydrogen-bond donors (Lipinski definition) is 2. The summed E-state index contributed by atoms with van der Waals surface area (Å²) in [6, 6.07) is 5.84. The van der Waals surface area contributed by atoms with Gasteiger partial charge < -0.3 is 10.6 Å². The first kappa shape index (κ1) is 20.8. The SMILES string of the molecule is CSCCNC(=O)c1cc(NC(=O)c2cccnc2C)cc(C(F)(F)F)c1. The van der Waals surface area contributed by atoms with Crippen LogP contribution in [0, 0.1) is 6.92 Å². The number of carbonyl (C=O) groups excluding carboxylic acids is 2. The topological polar surface area (TPSA) is 71.1 Å². The molecule has 0 radical (unpaired) electrons. The molecule has 9 heteroatoms. The van der Waals surface area contributed by atoms with E-state index in [9.17, 15) is 22.8 Å². The van der Waals surface area contributed by atoms with Gasteiger partial charge in [-0.05, 0) is 43.5 Å². The number of hydrogen-bond acceptors (Lipinski definition) is 4. The van der Waals surface area contributed by atoms with Crippen LogP contribution in [0.5, 0.6) is 0 Å². The lowest BCUT2D eigenvalue weighted by molar-refractivity contribution is -0.137. The standard InChI is InChI=1S/C18H18F3N3O2S/c1-11-15(4-3-5-22-11)17(26)24-14-9-12(16(25)23-6-7-27-2)8-13(10-14)18(19,20)21/h3-5,8-10H,6-7H2,1-2H3,(H,23,25)(H,24,26). The lowest BCUT2D eigenvalue weighted by Crippen LogP contribution is -2.26. The van der Waals surface area contributed by atoms with Gasteiger partial charge in [0.2, 0.25) is 0 Å². The van der Waals surface area contributed by atoms with Crippen LogP contribution in [0.4, 0.5) is 18.9 Å². The number of alkyl halides is 3. The summed E-state index contributed by atoms with van der Waals surface area (Å²) in [6.45, 7) is 1.94. The number of carbonyl (C=O) groups is 2. The van der Waals surface area contributed by atoms with Gasteiger partial charge >= 0.3 is 6.18 Å². The van der Waals surface area contributed by atoms with E-state index in [4.69, 9.17) is 0 Å². The molecular weight excluding hydrogens is 379 g/mol. The Morgan fingerprint density at radius 1 is 1.19 bits per heavy atom. The molecule has 5 nitrogen and oxygen atoms in total. The van der Waals surface area contributed by atoms with Crippen molar-refractivity contribution >= 4 is 29.3 Å². The molecular formula is C18H18F3N3O2S. The first-order chi connectivity index (χ1) is 12.7. The van der Waals surface area contributed by atoms with Crippen molar-refractivity contribution in [3.8, 4) is 0 Å². The van der Waals surface area contributed by atoms with Crippen molar-refractivity contribution < 1.29 is 22.8 Å². The number of rotatable bonds is 6. The van der Waals surface area contributed by atoms with Gasteiger partial charge in [0.25, 0.3) is 11.8 Å². The van der Waals surface area contributed by atoms with Gasteiger partial charge in [-0.1, -0.05) is 0 Å². The van der Waals surface area contributed by atoms with Gasteiger partial charge in [-0.3, -0.25) is 14.6 Å². The van der Waals surface area contributed by atoms with E-state index in [1.165, 1.54) is 30.1 Å². The van der Waals surface area contributed by atoms with Crippen molar-refractivity contribution in [3.05, 3.63) is 58.9 Å². The maximum atomic E-state index is 13.2. The number of thioether (sulfide) groups is 1. The van der Waals surface area contributed by atoms with Crippen molar-refractivity contribution in [1.82, 2.24) is 10.3 Å². The number of nitrogens with one attached hydrogen (secondary N) is 2. The molecule has 1 aromatic heterocycles. The molecule has 27 heavy (non-hydrogen) atoms. The van der Waals surface area contributed by atoms with Crippen molar-refractivity contribution in [3.63, 3.8) is 0 Å². The number of aromatic nitrogens is 1. The number of amides is 2. The minimum Gasteiger partial charge on any atom is -0.351 e. The Kier molecular flexibility index (Phi) is 6.84. The van der Waals surface area contributed by atoms with Crippen LogP contribution in [0.2, 0.25) is 0 Å². The third kappa shape index (κ3) is 5.72. The Morgan fingerprint density at radius 2 is 1.93 bits per heavy atom. The summed E-state index contributed by atoms with van der Waals surface area (Å²) >= 11 is 1.50. The maximum absolute atomic E-state index is 13.2. The van der Waals surface area contributed by atoms with E-state index >= 15 is 0 Å². The Morgan fingerprint density at radius 3 is 2.56 bits per heavy atom. The molecule has 0 unspecified atom stereocenters. The Bertz CT molecular complexity index is 841. The highest BCUT2D eigenvalue weighted by Crippen LogP contribution is 2.32. The summed E-state index contributed by atoms with van der Waals surface area (Å²) in [7, 11) is 0. The lowest BCUT2D eigenvalue weighted by atomic mass is 10.1. The molecule has 0 saturated carbocycles. The minimum absolute atomic E-state index is 0.118. The van der Waals surface area contributed by atoms with Crippen LogP contribution in [-0.2, 0) is 6.18 Å². The molecule has 0 atom stereocenters. The second kappa shape index (κ2) is 8.90. The molecule has 1 heterocycles. The lowest BCUT2D eigenvalue weighted by Gasteiger charge is -2.13. The fourth-order valence-corrected chi connectivity index (χ4v) is 2.59. The third-order valence-corrected chi connectivity index (χ3v) is 4.24. The zero-order valence-electron chi connectivity index (χ0n) is 14.7. The van der Waals surface area contributed by atoms with Gasteiger partial charge in [-0.25, -0.2) is 0 Å². The minimum atomic E-state index is -4.65. The summed E-state index contributed by atoms with van der Waals surface area (Å²) in [5, 5.41) is 4.96. The van der Waals surface area contributed by atoms with Crippen LogP contribution in [0.3, 0.4) is 0 Å². The predicted octanol–water partition coefficient (Wildman–Crippen LogP) is 3.75. The van der Waals surface area contributed by atoms with E-state index in [-0.39, 0.29) is 16.8 Å². The highest BCUT2D eigenvalue weighted by atomic mass is 32.2. The fourth-order valence-electron chi connectivity index (χ4n) is 2.29. The molecule has 0 aliphatic rings. The summed E-state index contributed by atoms with van der Waals surface area (Å²) in [5.41, 5.74) is -0.631. The van der Waals surface area contributed by atoms with E-state index in [0.717, 1.165) is 12.1 Å². The van der Waals surface area contributed by atoms with E-state index in [0.29, 0.717) is 18.0 Å². The molecule has 0 fully saturated rings. The third-order valence-electron chi connectivity index (χ3n) is 3.62. The Hall–Kier alpha value is -2.55. The van der Waals surface area contributed by atoms with Crippen molar-refractivity contribution in [2.45, 2.75) is 13.1 Å². The normalized spacial score (nSPS) is 11.1. The fraction of sp³-hybridized carbons (Fsp3) is 0.278. The molecule has 2 amide bonds. The molecule has 0 aliphatic carbocycles. The summed E-state index contributed by atoms with van der Waals surface area (Å²) in [5.74, 6) is -0.605. The molecule has 0 spiro atoms. The van der Waals surface area contributed by atoms with Gasteiger partial charge in [-0.2, -0.15) is 24.9 Å². The first-order valence-corrected chi connectivity index (χ1v) is 9.34. The number of halogens is 3. The zero-order chi connectivity index (χ0) is 20.0. The highest BCUT2D eigenvalue weighted by molar-refractivity contribution is 7.98. The van der Waals surface area contributed by atoms with Crippen LogP contribution < -0.4 is 10.6 Å². The summed E-state index contributed by atoms with van der Waals surface area (Å²) in [6.07, 6.45) is -1.29. The van der Waals surface area contributed by atoms with Crippen molar-refractivity contribution in [2.24, 2.45) is 0 Å². The average molecular weight is 397 g/mol. The van der Waals surface area contributed by atoms with E-state index in [1.54, 1.807) is 13.0 Å². The number of anilines is 1. The molecule has 0 aliphatic heterocycles. The van der Waals surface area contributed by atoms with Crippen molar-refractivity contribution in [2.75, 3.05) is 23.9 Å². The van der Waals surface area contributed by atoms with Gasteiger partial charge in [-0.15, -0.1) is 0 Å². The van der Waals surface area contributed by atoms with Gasteiger partial charge in [0.1, 0.15) is 0 Å². The molecule has 0 saturated heterocycles. The van der Waals surface area contributed by atoms with Crippen molar-refractivity contribution in [1.29, 1.82) is 0 Å². The van der Waals surface area contributed by atoms with E-state index in [2.05, 4.69) is 15.6 Å². The Balaban J connectivity index is 2.32. The number of benzene rings is 1. The molecule has 2 N–H and O–H groups in total. The zero-order valence-corrected chi connectivity index (χ0v) is 15.5. The smallest absolute Gasteiger partial charge is 0.351 e. The second-order valence-electron chi connectivity index (χ2n) is 5.64. The number of pyridine rings is 1. The van der Waals surface area contributed by atoms with Gasteiger partial charge in [0.15, 0.2) is 0 Å². The quantitative estimate of drug-likeness (QED) is 0.729. The molecule has 2 aromatic rings. The summed E-state index contributed by atoms with van der Waals surface area (Å²) < 4.78 is 39.6. The predicted molar refractivity (Wildman–Crippen MR) is 99.1 cm³/mol. The van der Waals surface area contributed by atoms with Gasteiger partial charge in [0.05, 0.1) is 11.1 Å². The van der Waals surface area contributed by atoms with Crippen LogP contribution in [0.15, 0.2) is 36.5 Å². The maximum Gasteiger partial charge on any atom is 0.416 e. The highest BCUT2D eigenvalue weighted by Gasteiger charge is 2.32. The molecule has 0 bridgehead atoms. The summed E-state index contributed by atoms with van der Waals surface area (Å²) in [4.78, 5) is 28.5. The van der Waals surface area contributed by atoms with Crippen LogP contribution in [0.1, 0.15) is 32.0 Å². The molecule has 144 valence electrons. The average Bonchev–Trinajstić information content (AvgIpc) is 2.61. The van der Waals surface area contributed by atoms with Crippen LogP contribution in [0.25, 0.3) is 0 Å². The van der Waals surface area contributed by atoms with Crippen LogP contribution in [-0.4, -0.2) is 35.4 Å². The first-order valence-electron chi connectivity index (χ1n) is 7.94. The van der Waals surface area contributed by atoms with E-state index in [1.807, 2.05) is 6.26 Å². The van der Waals surface area contributed by atoms with Gasteiger partial charge in [0, 0.05) is 35.4 Å². The molecule has 1 aromatic carbocycles. The van der Waals surface area contributed by atoms with Crippen LogP contribution >= 0.6 is 11.8 Å². The van der Waals surface area contributed by atoms with E-state index < -0.39 is 23.6 Å². The Labute approximate surface area is 158 Å². The molecule has 2 rings (SSSR count). The largest absolute Gasteiger partial charge is 0.416 e.